The number of fused-ring (bicyclic) bond motifs is 2. The van der Waals surface area contributed by atoms with Gasteiger partial charge in [0.05, 0.1) is 17.3 Å². The first-order valence-corrected chi connectivity index (χ1v) is 8.41. The molecule has 1 aliphatic heterocycles. The molecule has 0 spiro atoms. The van der Waals surface area contributed by atoms with E-state index in [0.29, 0.717) is 29.2 Å². The van der Waals surface area contributed by atoms with Gasteiger partial charge in [-0.3, -0.25) is 9.78 Å². The molecule has 0 bridgehead atoms. The number of alkyl halides is 3. The first kappa shape index (κ1) is 17.7. The average Bonchev–Trinajstić information content (AvgIpc) is 3.06. The van der Waals surface area contributed by atoms with Gasteiger partial charge in [-0.2, -0.15) is 13.2 Å². The van der Waals surface area contributed by atoms with Crippen molar-refractivity contribution in [3.63, 3.8) is 0 Å². The quantitative estimate of drug-likeness (QED) is 0.658. The van der Waals surface area contributed by atoms with Crippen LogP contribution in [0.15, 0.2) is 30.6 Å². The zero-order valence-corrected chi connectivity index (χ0v) is 14.5. The summed E-state index contributed by atoms with van der Waals surface area (Å²) in [6, 6.07) is 4.72. The van der Waals surface area contributed by atoms with Crippen molar-refractivity contribution in [2.45, 2.75) is 18.6 Å². The van der Waals surface area contributed by atoms with E-state index in [-0.39, 0.29) is 22.6 Å². The SMILES string of the molecule is NC1CCN(C(=O)c2cncc3[nH]c(C(F)(F)F)nc23)c2ccc(Cl)cc21. The first-order valence-electron chi connectivity index (χ1n) is 8.03. The second-order valence-electron chi connectivity index (χ2n) is 6.22. The molecule has 0 saturated carbocycles. The molecule has 0 aliphatic carbocycles. The molecule has 3 aromatic rings. The lowest BCUT2D eigenvalue weighted by molar-refractivity contribution is -0.144. The van der Waals surface area contributed by atoms with E-state index in [1.54, 1.807) is 18.2 Å². The molecule has 0 fully saturated rings. The third kappa shape index (κ3) is 3.02. The lowest BCUT2D eigenvalue weighted by Crippen LogP contribution is -2.38. The normalized spacial score (nSPS) is 17.2. The second kappa shape index (κ2) is 6.21. The molecule has 0 radical (unpaired) electrons. The number of pyridine rings is 1. The number of rotatable bonds is 1. The lowest BCUT2D eigenvalue weighted by Gasteiger charge is -2.33. The molecule has 27 heavy (non-hydrogen) atoms. The van der Waals surface area contributed by atoms with Crippen LogP contribution in [0.5, 0.6) is 0 Å². The third-order valence-corrected chi connectivity index (χ3v) is 4.72. The van der Waals surface area contributed by atoms with Gasteiger partial charge in [0.2, 0.25) is 5.82 Å². The maximum absolute atomic E-state index is 13.1. The highest BCUT2D eigenvalue weighted by Crippen LogP contribution is 2.36. The molecule has 140 valence electrons. The highest BCUT2D eigenvalue weighted by atomic mass is 35.5. The Kier molecular flexibility index (Phi) is 4.08. The largest absolute Gasteiger partial charge is 0.449 e. The molecule has 1 unspecified atom stereocenters. The Morgan fingerprint density at radius 1 is 1.33 bits per heavy atom. The van der Waals surface area contributed by atoms with Crippen molar-refractivity contribution in [3.8, 4) is 0 Å². The van der Waals surface area contributed by atoms with Gasteiger partial charge in [0.15, 0.2) is 0 Å². The van der Waals surface area contributed by atoms with Gasteiger partial charge >= 0.3 is 6.18 Å². The van der Waals surface area contributed by atoms with E-state index in [0.717, 1.165) is 0 Å². The van der Waals surface area contributed by atoms with Crippen LogP contribution in [0.3, 0.4) is 0 Å². The molecule has 2 aromatic heterocycles. The van der Waals surface area contributed by atoms with E-state index in [4.69, 9.17) is 17.3 Å². The zero-order chi connectivity index (χ0) is 19.3. The zero-order valence-electron chi connectivity index (χ0n) is 13.7. The van der Waals surface area contributed by atoms with Crippen LogP contribution in [0.25, 0.3) is 11.0 Å². The number of carbonyl (C=O) groups is 1. The van der Waals surface area contributed by atoms with Gasteiger partial charge in [0.25, 0.3) is 5.91 Å². The van der Waals surface area contributed by atoms with E-state index in [9.17, 15) is 18.0 Å². The molecule has 3 N–H and O–H groups in total. The van der Waals surface area contributed by atoms with Crippen LogP contribution in [-0.2, 0) is 6.18 Å². The molecule has 3 heterocycles. The summed E-state index contributed by atoms with van der Waals surface area (Å²) in [5.41, 5.74) is 7.34. The van der Waals surface area contributed by atoms with Crippen molar-refractivity contribution in [3.05, 3.63) is 52.6 Å². The minimum absolute atomic E-state index is 0.0179. The Bertz CT molecular complexity index is 1050. The number of hydrogen-bond donors (Lipinski definition) is 2. The van der Waals surface area contributed by atoms with Crippen molar-refractivity contribution in [1.82, 2.24) is 15.0 Å². The number of hydrogen-bond acceptors (Lipinski definition) is 4. The average molecular weight is 396 g/mol. The lowest BCUT2D eigenvalue weighted by atomic mass is 9.96. The topological polar surface area (TPSA) is 87.9 Å². The number of nitrogens with one attached hydrogen (secondary N) is 1. The maximum atomic E-state index is 13.1. The molecule has 1 atom stereocenters. The summed E-state index contributed by atoms with van der Waals surface area (Å²) in [7, 11) is 0. The predicted octanol–water partition coefficient (Wildman–Crippen LogP) is 3.68. The number of aromatic amines is 1. The number of anilines is 1. The van der Waals surface area contributed by atoms with Crippen molar-refractivity contribution >= 4 is 34.2 Å². The number of carbonyl (C=O) groups excluding carboxylic acids is 1. The fraction of sp³-hybridized carbons (Fsp3) is 0.235. The minimum atomic E-state index is -4.65. The third-order valence-electron chi connectivity index (χ3n) is 4.48. The molecule has 4 rings (SSSR count). The van der Waals surface area contributed by atoms with Crippen LogP contribution >= 0.6 is 11.6 Å². The smallest absolute Gasteiger partial charge is 0.333 e. The summed E-state index contributed by atoms with van der Waals surface area (Å²) < 4.78 is 38.9. The fourth-order valence-electron chi connectivity index (χ4n) is 3.19. The summed E-state index contributed by atoms with van der Waals surface area (Å²) in [5.74, 6) is -1.67. The van der Waals surface area contributed by atoms with Crippen LogP contribution in [-0.4, -0.2) is 27.4 Å². The molecule has 6 nitrogen and oxygen atoms in total. The Morgan fingerprint density at radius 2 is 2.11 bits per heavy atom. The van der Waals surface area contributed by atoms with Crippen molar-refractivity contribution in [2.75, 3.05) is 11.4 Å². The van der Waals surface area contributed by atoms with Gasteiger partial charge in [-0.25, -0.2) is 4.98 Å². The maximum Gasteiger partial charge on any atom is 0.449 e. The van der Waals surface area contributed by atoms with Gasteiger partial charge in [-0.05, 0) is 30.2 Å². The van der Waals surface area contributed by atoms with Gasteiger partial charge in [-0.1, -0.05) is 11.6 Å². The Labute approximate surface area is 156 Å². The predicted molar refractivity (Wildman–Crippen MR) is 93.6 cm³/mol. The Hall–Kier alpha value is -2.65. The number of aromatic nitrogens is 3. The number of benzene rings is 1. The van der Waals surface area contributed by atoms with Gasteiger partial charge < -0.3 is 15.6 Å². The van der Waals surface area contributed by atoms with E-state index >= 15 is 0 Å². The summed E-state index contributed by atoms with van der Waals surface area (Å²) in [6.45, 7) is 0.321. The Balaban J connectivity index is 1.80. The molecular formula is C17H13ClF3N5O. The number of H-pyrrole nitrogens is 1. The van der Waals surface area contributed by atoms with E-state index < -0.39 is 17.9 Å². The fourth-order valence-corrected chi connectivity index (χ4v) is 3.37. The van der Waals surface area contributed by atoms with E-state index in [2.05, 4.69) is 15.0 Å². The monoisotopic (exact) mass is 395 g/mol. The number of imidazole rings is 1. The molecular weight excluding hydrogens is 383 g/mol. The summed E-state index contributed by atoms with van der Waals surface area (Å²) in [5, 5.41) is 0.490. The standard InChI is InChI=1S/C17H13ClF3N5O/c18-8-1-2-13-9(5-8)11(22)3-4-26(13)15(27)10-6-23-7-12-14(10)25-16(24-12)17(19,20)21/h1-2,5-7,11H,3-4,22H2,(H,24,25). The number of nitrogens with two attached hydrogens (primary N) is 1. The van der Waals surface area contributed by atoms with Crippen LogP contribution in [0.2, 0.25) is 5.02 Å². The minimum Gasteiger partial charge on any atom is -0.333 e. The number of amides is 1. The van der Waals surface area contributed by atoms with Gasteiger partial charge in [-0.15, -0.1) is 0 Å². The molecule has 10 heteroatoms. The molecule has 1 aliphatic rings. The molecule has 1 aromatic carbocycles. The van der Waals surface area contributed by atoms with Gasteiger partial charge in [0.1, 0.15) is 5.52 Å². The summed E-state index contributed by atoms with van der Waals surface area (Å²) in [6.07, 6.45) is -1.73. The summed E-state index contributed by atoms with van der Waals surface area (Å²) >= 11 is 6.02. The van der Waals surface area contributed by atoms with Crippen molar-refractivity contribution in [2.24, 2.45) is 5.73 Å². The van der Waals surface area contributed by atoms with Crippen molar-refractivity contribution < 1.29 is 18.0 Å². The highest BCUT2D eigenvalue weighted by Gasteiger charge is 2.36. The van der Waals surface area contributed by atoms with Crippen LogP contribution < -0.4 is 10.6 Å². The van der Waals surface area contributed by atoms with Crippen LogP contribution in [0.4, 0.5) is 18.9 Å². The van der Waals surface area contributed by atoms with E-state index in [1.807, 2.05) is 0 Å². The summed E-state index contributed by atoms with van der Waals surface area (Å²) in [4.78, 5) is 24.2. The Morgan fingerprint density at radius 3 is 2.85 bits per heavy atom. The first-order chi connectivity index (χ1) is 12.8. The van der Waals surface area contributed by atoms with Crippen molar-refractivity contribution in [1.29, 1.82) is 0 Å². The molecule has 0 saturated heterocycles. The molecule has 1 amide bonds. The van der Waals surface area contributed by atoms with Gasteiger partial charge in [0, 0.05) is 29.5 Å². The van der Waals surface area contributed by atoms with Crippen LogP contribution in [0, 0.1) is 0 Å². The number of halogens is 4. The van der Waals surface area contributed by atoms with Crippen LogP contribution in [0.1, 0.15) is 34.2 Å². The van der Waals surface area contributed by atoms with E-state index in [1.165, 1.54) is 17.3 Å². The number of nitrogens with zero attached hydrogens (tertiary/aromatic N) is 3. The second-order valence-corrected chi connectivity index (χ2v) is 6.66. The highest BCUT2D eigenvalue weighted by molar-refractivity contribution is 6.30.